The lowest BCUT2D eigenvalue weighted by Crippen LogP contribution is -2.13. The molecule has 0 fully saturated rings. The van der Waals surface area contributed by atoms with Gasteiger partial charge in [0, 0.05) is 22.5 Å². The summed E-state index contributed by atoms with van der Waals surface area (Å²) in [5.41, 5.74) is 7.27. The Morgan fingerprint density at radius 3 is 2.29 bits per heavy atom. The molecule has 0 atom stereocenters. The number of nitrogens with one attached hydrogen (secondary N) is 1. The molecule has 3 N–H and O–H groups in total. The number of hydrogen-bond acceptors (Lipinski definition) is 4. The molecule has 1 aromatic heterocycles. The second-order valence-electron chi connectivity index (χ2n) is 5.89. The molecule has 0 saturated heterocycles. The first-order valence-electron chi connectivity index (χ1n) is 6.63. The third-order valence-electron chi connectivity index (χ3n) is 3.14. The van der Waals surface area contributed by atoms with E-state index in [1.165, 1.54) is 11.3 Å². The van der Waals surface area contributed by atoms with E-state index in [9.17, 15) is 8.42 Å². The van der Waals surface area contributed by atoms with Gasteiger partial charge in [-0.05, 0) is 29.2 Å². The number of thiophene rings is 1. The molecule has 2 aromatic rings. The number of rotatable bonds is 4. The van der Waals surface area contributed by atoms with Crippen molar-refractivity contribution in [3.05, 3.63) is 46.2 Å². The van der Waals surface area contributed by atoms with Crippen molar-refractivity contribution in [1.82, 2.24) is 0 Å². The van der Waals surface area contributed by atoms with E-state index in [4.69, 9.17) is 5.73 Å². The third kappa shape index (κ3) is 3.84. The van der Waals surface area contributed by atoms with Crippen LogP contribution < -0.4 is 10.5 Å². The summed E-state index contributed by atoms with van der Waals surface area (Å²) in [6, 6.07) is 9.06. The van der Waals surface area contributed by atoms with Crippen LogP contribution in [0.3, 0.4) is 0 Å². The van der Waals surface area contributed by atoms with Crippen LogP contribution in [0.1, 0.15) is 31.2 Å². The van der Waals surface area contributed by atoms with Gasteiger partial charge in [-0.15, -0.1) is 11.3 Å². The highest BCUT2D eigenvalue weighted by Crippen LogP contribution is 2.25. The molecule has 0 radical (unpaired) electrons. The first kappa shape index (κ1) is 16.0. The molecule has 0 saturated carbocycles. The molecule has 2 rings (SSSR count). The van der Waals surface area contributed by atoms with Crippen LogP contribution in [0, 0.1) is 0 Å². The summed E-state index contributed by atoms with van der Waals surface area (Å²) in [6.45, 7) is 6.70. The zero-order valence-electron chi connectivity index (χ0n) is 12.4. The number of sulfonamides is 1. The molecular weight excluding hydrogens is 304 g/mol. The smallest absolute Gasteiger partial charge is 0.262 e. The molecule has 0 spiro atoms. The van der Waals surface area contributed by atoms with E-state index in [0.29, 0.717) is 12.2 Å². The monoisotopic (exact) mass is 324 g/mol. The fourth-order valence-electron chi connectivity index (χ4n) is 1.86. The van der Waals surface area contributed by atoms with Crippen molar-refractivity contribution in [3.8, 4) is 0 Å². The van der Waals surface area contributed by atoms with Gasteiger partial charge in [-0.2, -0.15) is 0 Å². The van der Waals surface area contributed by atoms with Crippen molar-refractivity contribution in [2.75, 3.05) is 4.72 Å². The summed E-state index contributed by atoms with van der Waals surface area (Å²) < 4.78 is 27.1. The van der Waals surface area contributed by atoms with Crippen LogP contribution in [0.5, 0.6) is 0 Å². The average Bonchev–Trinajstić information content (AvgIpc) is 2.87. The first-order valence-corrected chi connectivity index (χ1v) is 8.99. The minimum absolute atomic E-state index is 0.0425. The topological polar surface area (TPSA) is 72.2 Å². The molecule has 1 aromatic carbocycles. The lowest BCUT2D eigenvalue weighted by molar-refractivity contribution is 0.590. The van der Waals surface area contributed by atoms with Crippen molar-refractivity contribution in [1.29, 1.82) is 0 Å². The Morgan fingerprint density at radius 2 is 1.81 bits per heavy atom. The van der Waals surface area contributed by atoms with Gasteiger partial charge in [0.05, 0.1) is 4.90 Å². The standard InChI is InChI=1S/C15H20N2O2S2/c1-15(2,3)11-4-6-12(7-5-11)17-21(18,19)14-8-13(9-16)20-10-14/h4-8,10,17H,9,16H2,1-3H3. The van der Waals surface area contributed by atoms with Crippen molar-refractivity contribution < 1.29 is 8.42 Å². The molecule has 21 heavy (non-hydrogen) atoms. The van der Waals surface area contributed by atoms with E-state index in [0.717, 1.165) is 10.4 Å². The van der Waals surface area contributed by atoms with Crippen LogP contribution in [-0.4, -0.2) is 8.42 Å². The number of hydrogen-bond donors (Lipinski definition) is 2. The molecule has 114 valence electrons. The highest BCUT2D eigenvalue weighted by molar-refractivity contribution is 7.92. The lowest BCUT2D eigenvalue weighted by Gasteiger charge is -2.19. The van der Waals surface area contributed by atoms with E-state index >= 15 is 0 Å². The molecule has 6 heteroatoms. The molecule has 0 unspecified atom stereocenters. The lowest BCUT2D eigenvalue weighted by atomic mass is 9.87. The van der Waals surface area contributed by atoms with Gasteiger partial charge in [0.15, 0.2) is 0 Å². The van der Waals surface area contributed by atoms with Crippen LogP contribution in [0.15, 0.2) is 40.6 Å². The van der Waals surface area contributed by atoms with Gasteiger partial charge in [-0.1, -0.05) is 32.9 Å². The minimum Gasteiger partial charge on any atom is -0.326 e. The van der Waals surface area contributed by atoms with E-state index in [1.807, 2.05) is 12.1 Å². The predicted molar refractivity (Wildman–Crippen MR) is 88.2 cm³/mol. The molecule has 4 nitrogen and oxygen atoms in total. The molecular formula is C15H20N2O2S2. The zero-order chi connectivity index (χ0) is 15.7. The number of anilines is 1. The number of nitrogens with two attached hydrogens (primary N) is 1. The fraction of sp³-hybridized carbons (Fsp3) is 0.333. The first-order chi connectivity index (χ1) is 9.72. The van der Waals surface area contributed by atoms with Crippen molar-refractivity contribution in [2.24, 2.45) is 5.73 Å². The van der Waals surface area contributed by atoms with Gasteiger partial charge in [0.1, 0.15) is 0 Å². The Hall–Kier alpha value is -1.37. The van der Waals surface area contributed by atoms with Crippen LogP contribution in [0.2, 0.25) is 0 Å². The largest absolute Gasteiger partial charge is 0.326 e. The molecule has 1 heterocycles. The van der Waals surface area contributed by atoms with Gasteiger partial charge >= 0.3 is 0 Å². The molecule has 0 bridgehead atoms. The summed E-state index contributed by atoms with van der Waals surface area (Å²) in [6.07, 6.45) is 0. The van der Waals surface area contributed by atoms with E-state index in [1.54, 1.807) is 23.6 Å². The van der Waals surface area contributed by atoms with E-state index < -0.39 is 10.0 Å². The third-order valence-corrected chi connectivity index (χ3v) is 5.61. The Balaban J connectivity index is 2.21. The van der Waals surface area contributed by atoms with E-state index in [-0.39, 0.29) is 10.3 Å². The SMILES string of the molecule is CC(C)(C)c1ccc(NS(=O)(=O)c2csc(CN)c2)cc1. The summed E-state index contributed by atoms with van der Waals surface area (Å²) in [7, 11) is -3.55. The highest BCUT2D eigenvalue weighted by atomic mass is 32.2. The average molecular weight is 324 g/mol. The minimum atomic E-state index is -3.55. The van der Waals surface area contributed by atoms with Crippen LogP contribution in [-0.2, 0) is 22.0 Å². The molecule has 0 amide bonds. The quantitative estimate of drug-likeness (QED) is 0.906. The Labute approximate surface area is 130 Å². The van der Waals surface area contributed by atoms with Gasteiger partial charge in [0.2, 0.25) is 0 Å². The predicted octanol–water partition coefficient (Wildman–Crippen LogP) is 3.31. The highest BCUT2D eigenvalue weighted by Gasteiger charge is 2.17. The summed E-state index contributed by atoms with van der Waals surface area (Å²) in [4.78, 5) is 1.10. The molecule has 0 aliphatic rings. The van der Waals surface area contributed by atoms with Crippen molar-refractivity contribution >= 4 is 27.0 Å². The summed E-state index contributed by atoms with van der Waals surface area (Å²) in [5.74, 6) is 0. The fourth-order valence-corrected chi connectivity index (χ4v) is 4.07. The Bertz CT molecular complexity index is 711. The maximum atomic E-state index is 12.3. The summed E-state index contributed by atoms with van der Waals surface area (Å²) in [5, 5.41) is 1.61. The van der Waals surface area contributed by atoms with E-state index in [2.05, 4.69) is 25.5 Å². The maximum absolute atomic E-state index is 12.3. The zero-order valence-corrected chi connectivity index (χ0v) is 14.0. The van der Waals surface area contributed by atoms with Gasteiger partial charge in [-0.25, -0.2) is 8.42 Å². The second kappa shape index (κ2) is 5.79. The summed E-state index contributed by atoms with van der Waals surface area (Å²) >= 11 is 1.35. The maximum Gasteiger partial charge on any atom is 0.262 e. The molecule has 0 aliphatic carbocycles. The molecule has 0 aliphatic heterocycles. The van der Waals surface area contributed by atoms with Crippen LogP contribution in [0.25, 0.3) is 0 Å². The van der Waals surface area contributed by atoms with Crippen molar-refractivity contribution in [3.63, 3.8) is 0 Å². The van der Waals surface area contributed by atoms with Gasteiger partial charge in [-0.3, -0.25) is 4.72 Å². The Kier molecular flexibility index (Phi) is 4.41. The van der Waals surface area contributed by atoms with Gasteiger partial charge < -0.3 is 5.73 Å². The Morgan fingerprint density at radius 1 is 1.19 bits per heavy atom. The normalized spacial score (nSPS) is 12.4. The van der Waals surface area contributed by atoms with Crippen molar-refractivity contribution in [2.45, 2.75) is 37.6 Å². The number of benzene rings is 1. The van der Waals surface area contributed by atoms with Crippen LogP contribution >= 0.6 is 11.3 Å². The van der Waals surface area contributed by atoms with Gasteiger partial charge in [0.25, 0.3) is 10.0 Å². The van der Waals surface area contributed by atoms with Crippen LogP contribution in [0.4, 0.5) is 5.69 Å². The second-order valence-corrected chi connectivity index (χ2v) is 8.56.